The molecule has 7 nitrogen and oxygen atoms in total. The average molecular weight is 423 g/mol. The minimum atomic E-state index is -0.997. The third-order valence-corrected chi connectivity index (χ3v) is 5.09. The molecule has 1 aliphatic rings. The van der Waals surface area contributed by atoms with E-state index in [4.69, 9.17) is 9.47 Å². The fourth-order valence-corrected chi connectivity index (χ4v) is 3.43. The molecule has 0 amide bonds. The van der Waals surface area contributed by atoms with Crippen molar-refractivity contribution in [2.24, 2.45) is 0 Å². The second-order valence-corrected chi connectivity index (χ2v) is 7.64. The zero-order valence-electron chi connectivity index (χ0n) is 17.9. The van der Waals surface area contributed by atoms with Crippen LogP contribution in [0.2, 0.25) is 0 Å². The molecule has 1 aliphatic carbocycles. The topological polar surface area (TPSA) is 80.3 Å². The van der Waals surface area contributed by atoms with Crippen molar-refractivity contribution < 1.29 is 33.9 Å². The van der Waals surface area contributed by atoms with Crippen molar-refractivity contribution in [3.8, 4) is 5.75 Å². The van der Waals surface area contributed by atoms with Crippen LogP contribution in [0.4, 0.5) is 4.79 Å². The lowest BCUT2D eigenvalue weighted by Gasteiger charge is -2.17. The van der Waals surface area contributed by atoms with Gasteiger partial charge in [-0.3, -0.25) is 4.89 Å². The zero-order chi connectivity index (χ0) is 21.4. The number of carbonyl (C=O) groups is 2. The molecule has 0 spiro atoms. The first-order valence-corrected chi connectivity index (χ1v) is 11.2. The summed E-state index contributed by atoms with van der Waals surface area (Å²) in [6, 6.07) is 6.40. The summed E-state index contributed by atoms with van der Waals surface area (Å²) in [7, 11) is 0. The van der Waals surface area contributed by atoms with Crippen LogP contribution in [0.15, 0.2) is 24.3 Å². The van der Waals surface area contributed by atoms with E-state index >= 15 is 0 Å². The standard InChI is InChI=1S/C23H34O7/c1-2-18-26-20-16-14-19(15-17-20)22(24)28-30-29-23(25)27-21-12-10-8-6-4-3-5-7-9-11-13-21/h14-17,21H,2-13,18H2,1H3. The van der Waals surface area contributed by atoms with E-state index in [9.17, 15) is 9.59 Å². The molecular weight excluding hydrogens is 388 g/mol. The monoisotopic (exact) mass is 422 g/mol. The molecule has 1 aromatic carbocycles. The lowest BCUT2D eigenvalue weighted by atomic mass is 9.99. The second-order valence-electron chi connectivity index (χ2n) is 7.64. The van der Waals surface area contributed by atoms with Crippen LogP contribution >= 0.6 is 0 Å². The molecule has 30 heavy (non-hydrogen) atoms. The van der Waals surface area contributed by atoms with E-state index < -0.39 is 12.1 Å². The Labute approximate surface area is 178 Å². The van der Waals surface area contributed by atoms with Crippen molar-refractivity contribution in [1.82, 2.24) is 0 Å². The first-order chi connectivity index (χ1) is 14.7. The van der Waals surface area contributed by atoms with E-state index in [2.05, 4.69) is 14.8 Å². The first-order valence-electron chi connectivity index (χ1n) is 11.2. The van der Waals surface area contributed by atoms with E-state index in [0.29, 0.717) is 12.4 Å². The summed E-state index contributed by atoms with van der Waals surface area (Å²) >= 11 is 0. The summed E-state index contributed by atoms with van der Waals surface area (Å²) in [5, 5.41) is 4.33. The van der Waals surface area contributed by atoms with E-state index in [-0.39, 0.29) is 11.7 Å². The number of rotatable bonds is 7. The predicted molar refractivity (Wildman–Crippen MR) is 111 cm³/mol. The van der Waals surface area contributed by atoms with Gasteiger partial charge in [-0.25, -0.2) is 14.5 Å². The largest absolute Gasteiger partial charge is 0.543 e. The number of carbonyl (C=O) groups excluding carboxylic acids is 2. The van der Waals surface area contributed by atoms with Gasteiger partial charge in [0.05, 0.1) is 17.2 Å². The van der Waals surface area contributed by atoms with Crippen LogP contribution < -0.4 is 4.74 Å². The van der Waals surface area contributed by atoms with Crippen molar-refractivity contribution in [2.75, 3.05) is 6.61 Å². The Morgan fingerprint density at radius 1 is 0.833 bits per heavy atom. The van der Waals surface area contributed by atoms with Gasteiger partial charge in [0, 0.05) is 0 Å². The van der Waals surface area contributed by atoms with Crippen LogP contribution in [0.5, 0.6) is 5.75 Å². The van der Waals surface area contributed by atoms with Crippen LogP contribution in [-0.2, 0) is 19.6 Å². The SMILES string of the molecule is CCCOc1ccc(C(=O)OOOC(=O)OC2CCCCCCCCCCC2)cc1. The Hall–Kier alpha value is -2.28. The molecule has 0 radical (unpaired) electrons. The third kappa shape index (κ3) is 9.96. The van der Waals surface area contributed by atoms with Gasteiger partial charge in [0.2, 0.25) is 0 Å². The quantitative estimate of drug-likeness (QED) is 0.289. The maximum absolute atomic E-state index is 11.9. The van der Waals surface area contributed by atoms with Gasteiger partial charge in [0.25, 0.3) is 0 Å². The first kappa shape index (κ1) is 24.0. The van der Waals surface area contributed by atoms with Crippen molar-refractivity contribution in [1.29, 1.82) is 0 Å². The van der Waals surface area contributed by atoms with Gasteiger partial charge in [-0.1, -0.05) is 51.9 Å². The number of benzene rings is 1. The maximum atomic E-state index is 11.9. The van der Waals surface area contributed by atoms with E-state index in [1.165, 1.54) is 32.1 Å². The molecule has 1 saturated carbocycles. The van der Waals surface area contributed by atoms with Crippen LogP contribution in [0.25, 0.3) is 0 Å². The average Bonchev–Trinajstić information content (AvgIpc) is 2.74. The van der Waals surface area contributed by atoms with Crippen LogP contribution in [0.3, 0.4) is 0 Å². The van der Waals surface area contributed by atoms with Crippen LogP contribution in [-0.4, -0.2) is 24.8 Å². The highest BCUT2D eigenvalue weighted by Crippen LogP contribution is 2.19. The summed E-state index contributed by atoms with van der Waals surface area (Å²) < 4.78 is 10.8. The minimum absolute atomic E-state index is 0.202. The highest BCUT2D eigenvalue weighted by molar-refractivity contribution is 5.89. The molecular formula is C23H34O7. The normalized spacial score (nSPS) is 16.6. The van der Waals surface area contributed by atoms with E-state index in [1.807, 2.05) is 6.92 Å². The molecule has 0 atom stereocenters. The van der Waals surface area contributed by atoms with Crippen LogP contribution in [0.1, 0.15) is 94.3 Å². The summed E-state index contributed by atoms with van der Waals surface area (Å²) in [6.45, 7) is 2.61. The third-order valence-electron chi connectivity index (χ3n) is 5.09. The van der Waals surface area contributed by atoms with Gasteiger partial charge in [-0.05, 0) is 56.4 Å². The molecule has 0 bridgehead atoms. The molecule has 0 unspecified atom stereocenters. The van der Waals surface area contributed by atoms with Crippen molar-refractivity contribution >= 4 is 12.1 Å². The van der Waals surface area contributed by atoms with Crippen molar-refractivity contribution in [2.45, 2.75) is 90.1 Å². The maximum Gasteiger partial charge on any atom is 0.543 e. The van der Waals surface area contributed by atoms with Crippen LogP contribution in [0, 0.1) is 0 Å². The smallest absolute Gasteiger partial charge is 0.494 e. The van der Waals surface area contributed by atoms with Crippen molar-refractivity contribution in [3.05, 3.63) is 29.8 Å². The van der Waals surface area contributed by atoms with E-state index in [0.717, 1.165) is 44.9 Å². The minimum Gasteiger partial charge on any atom is -0.494 e. The van der Waals surface area contributed by atoms with Gasteiger partial charge < -0.3 is 9.47 Å². The molecule has 0 heterocycles. The molecule has 1 fully saturated rings. The van der Waals surface area contributed by atoms with Crippen molar-refractivity contribution in [3.63, 3.8) is 0 Å². The molecule has 0 aliphatic heterocycles. The Kier molecular flexibility index (Phi) is 11.7. The molecule has 1 aromatic rings. The summed E-state index contributed by atoms with van der Waals surface area (Å²) in [6.07, 6.45) is 12.0. The van der Waals surface area contributed by atoms with Gasteiger partial charge in [-0.2, -0.15) is 0 Å². The number of ether oxygens (including phenoxy) is 2. The summed E-state index contributed by atoms with van der Waals surface area (Å²) in [5.41, 5.74) is 0.245. The molecule has 2 rings (SSSR count). The Bertz CT molecular complexity index is 602. The fourth-order valence-electron chi connectivity index (χ4n) is 3.43. The molecule has 168 valence electrons. The lowest BCUT2D eigenvalue weighted by Crippen LogP contribution is -2.20. The second kappa shape index (κ2) is 14.7. The Morgan fingerprint density at radius 3 is 1.97 bits per heavy atom. The van der Waals surface area contributed by atoms with Gasteiger partial charge in [0.15, 0.2) is 0 Å². The van der Waals surface area contributed by atoms with E-state index in [1.54, 1.807) is 24.3 Å². The fraction of sp³-hybridized carbons (Fsp3) is 0.652. The zero-order valence-corrected chi connectivity index (χ0v) is 17.9. The lowest BCUT2D eigenvalue weighted by molar-refractivity contribution is -0.453. The summed E-state index contributed by atoms with van der Waals surface area (Å²) in [5.74, 6) is -0.123. The number of hydrogen-bond donors (Lipinski definition) is 0. The molecule has 0 N–H and O–H groups in total. The Balaban J connectivity index is 1.68. The van der Waals surface area contributed by atoms with Gasteiger partial charge in [0.1, 0.15) is 11.9 Å². The molecule has 0 aromatic heterocycles. The Morgan fingerprint density at radius 2 is 1.40 bits per heavy atom. The molecule has 0 saturated heterocycles. The van der Waals surface area contributed by atoms with Gasteiger partial charge >= 0.3 is 12.1 Å². The molecule has 7 heteroatoms. The predicted octanol–water partition coefficient (Wildman–Crippen LogP) is 6.31. The number of hydrogen-bond acceptors (Lipinski definition) is 7. The van der Waals surface area contributed by atoms with Gasteiger partial charge in [-0.15, -0.1) is 0 Å². The summed E-state index contributed by atoms with van der Waals surface area (Å²) in [4.78, 5) is 32.8. The highest BCUT2D eigenvalue weighted by Gasteiger charge is 2.18. The highest BCUT2D eigenvalue weighted by atomic mass is 17.5.